The Morgan fingerprint density at radius 2 is 1.93 bits per heavy atom. The summed E-state index contributed by atoms with van der Waals surface area (Å²) in [5, 5.41) is 9.05. The lowest BCUT2D eigenvalue weighted by Gasteiger charge is -2.20. The molecule has 0 N–H and O–H groups in total. The lowest BCUT2D eigenvalue weighted by atomic mass is 10.0. The second kappa shape index (κ2) is 7.26. The van der Waals surface area contributed by atoms with Gasteiger partial charge in [0.25, 0.3) is 0 Å². The predicted octanol–water partition coefficient (Wildman–Crippen LogP) is 4.37. The zero-order chi connectivity index (χ0) is 19.1. The Hall–Kier alpha value is -2.31. The van der Waals surface area contributed by atoms with Crippen LogP contribution in [0, 0.1) is 0 Å². The number of benzene rings is 2. The Kier molecular flexibility index (Phi) is 4.61. The van der Waals surface area contributed by atoms with Crippen molar-refractivity contribution in [2.24, 2.45) is 4.99 Å². The summed E-state index contributed by atoms with van der Waals surface area (Å²) in [6, 6.07) is 17.5. The largest absolute Gasteiger partial charge is 0.293 e. The SMILES string of the molecule is CCN(Cc1nnc2n1-c1ccc(Br)cc1C(c1ccccc1)=NC2)C1CC1. The molecule has 5 nitrogen and oxygen atoms in total. The van der Waals surface area contributed by atoms with Crippen LogP contribution in [0.5, 0.6) is 0 Å². The van der Waals surface area contributed by atoms with Gasteiger partial charge >= 0.3 is 0 Å². The van der Waals surface area contributed by atoms with Crippen LogP contribution in [0.4, 0.5) is 0 Å². The van der Waals surface area contributed by atoms with Crippen LogP contribution < -0.4 is 0 Å². The quantitative estimate of drug-likeness (QED) is 0.597. The summed E-state index contributed by atoms with van der Waals surface area (Å²) >= 11 is 3.64. The zero-order valence-electron chi connectivity index (χ0n) is 15.8. The number of nitrogens with zero attached hydrogens (tertiary/aromatic N) is 5. The summed E-state index contributed by atoms with van der Waals surface area (Å²) < 4.78 is 3.26. The highest BCUT2D eigenvalue weighted by Gasteiger charge is 2.30. The summed E-state index contributed by atoms with van der Waals surface area (Å²) in [5.41, 5.74) is 4.33. The molecule has 6 heteroatoms. The average Bonchev–Trinajstić information content (AvgIpc) is 3.51. The van der Waals surface area contributed by atoms with E-state index in [1.165, 1.54) is 12.8 Å². The first kappa shape index (κ1) is 17.8. The summed E-state index contributed by atoms with van der Waals surface area (Å²) in [5.74, 6) is 1.90. The number of aromatic nitrogens is 3. The molecule has 2 aromatic carbocycles. The number of halogens is 1. The number of aliphatic imine (C=N–C) groups is 1. The Morgan fingerprint density at radius 3 is 2.68 bits per heavy atom. The van der Waals surface area contributed by atoms with Gasteiger partial charge in [-0.05, 0) is 37.6 Å². The van der Waals surface area contributed by atoms with Gasteiger partial charge in [0, 0.05) is 21.6 Å². The van der Waals surface area contributed by atoms with Crippen LogP contribution in [0.2, 0.25) is 0 Å². The molecule has 2 aliphatic rings. The molecule has 0 bridgehead atoms. The Bertz CT molecular complexity index is 1040. The molecule has 5 rings (SSSR count). The molecule has 0 unspecified atom stereocenters. The van der Waals surface area contributed by atoms with Crippen LogP contribution in [0.3, 0.4) is 0 Å². The van der Waals surface area contributed by atoms with Gasteiger partial charge in [0.05, 0.1) is 17.9 Å². The Balaban J connectivity index is 1.63. The van der Waals surface area contributed by atoms with Crippen LogP contribution in [0.1, 0.15) is 42.5 Å². The van der Waals surface area contributed by atoms with Crippen LogP contribution >= 0.6 is 15.9 Å². The topological polar surface area (TPSA) is 46.3 Å². The molecular formula is C22H22BrN5. The maximum Gasteiger partial charge on any atom is 0.159 e. The van der Waals surface area contributed by atoms with Crippen molar-refractivity contribution >= 4 is 21.6 Å². The third-order valence-corrected chi connectivity index (χ3v) is 5.98. The van der Waals surface area contributed by atoms with E-state index in [9.17, 15) is 0 Å². The average molecular weight is 436 g/mol. The fourth-order valence-corrected chi connectivity index (χ4v) is 4.29. The zero-order valence-corrected chi connectivity index (χ0v) is 17.4. The first-order valence-electron chi connectivity index (χ1n) is 9.82. The standard InChI is InChI=1S/C22H22BrN5/c1-2-27(17-9-10-17)14-21-26-25-20-13-24-22(15-6-4-3-5-7-15)18-12-16(23)8-11-19(18)28(20)21/h3-8,11-12,17H,2,9-10,13-14H2,1H3. The fraction of sp³-hybridized carbons (Fsp3) is 0.318. The van der Waals surface area contributed by atoms with Crippen LogP contribution in [0.15, 0.2) is 58.0 Å². The van der Waals surface area contributed by atoms with Crippen molar-refractivity contribution in [1.29, 1.82) is 0 Å². The Morgan fingerprint density at radius 1 is 1.11 bits per heavy atom. The number of fused-ring (bicyclic) bond motifs is 3. The first-order chi connectivity index (χ1) is 13.7. The minimum Gasteiger partial charge on any atom is -0.293 e. The van der Waals surface area contributed by atoms with Crippen molar-refractivity contribution in [1.82, 2.24) is 19.7 Å². The molecule has 1 saturated carbocycles. The van der Waals surface area contributed by atoms with Gasteiger partial charge in [-0.2, -0.15) is 0 Å². The summed E-state index contributed by atoms with van der Waals surface area (Å²) in [4.78, 5) is 7.44. The van der Waals surface area contributed by atoms with Crippen LogP contribution in [0.25, 0.3) is 5.69 Å². The molecule has 0 radical (unpaired) electrons. The van der Waals surface area contributed by atoms with Gasteiger partial charge in [-0.1, -0.05) is 53.2 Å². The molecule has 1 aliphatic heterocycles. The van der Waals surface area contributed by atoms with E-state index in [4.69, 9.17) is 4.99 Å². The maximum atomic E-state index is 4.94. The van der Waals surface area contributed by atoms with E-state index in [0.717, 1.165) is 51.7 Å². The number of rotatable bonds is 5. The minimum atomic E-state index is 0.527. The highest BCUT2D eigenvalue weighted by molar-refractivity contribution is 9.10. The van der Waals surface area contributed by atoms with Gasteiger partial charge in [-0.25, -0.2) is 0 Å². The van der Waals surface area contributed by atoms with Crippen molar-refractivity contribution in [2.75, 3.05) is 6.54 Å². The molecular weight excluding hydrogens is 414 g/mol. The molecule has 1 aliphatic carbocycles. The van der Waals surface area contributed by atoms with Crippen LogP contribution in [-0.4, -0.2) is 38.0 Å². The van der Waals surface area contributed by atoms with Gasteiger partial charge in [-0.15, -0.1) is 10.2 Å². The molecule has 0 atom stereocenters. The van der Waals surface area contributed by atoms with E-state index in [1.807, 2.05) is 6.07 Å². The number of hydrogen-bond donors (Lipinski definition) is 0. The van der Waals surface area contributed by atoms with Gasteiger partial charge in [0.15, 0.2) is 11.6 Å². The lowest BCUT2D eigenvalue weighted by Crippen LogP contribution is -2.27. The second-order valence-electron chi connectivity index (χ2n) is 7.35. The summed E-state index contributed by atoms with van der Waals surface area (Å²) in [6.07, 6.45) is 2.58. The van der Waals surface area contributed by atoms with Crippen molar-refractivity contribution in [2.45, 2.75) is 38.9 Å². The maximum absolute atomic E-state index is 4.94. The molecule has 1 fully saturated rings. The van der Waals surface area contributed by atoms with E-state index in [1.54, 1.807) is 0 Å². The minimum absolute atomic E-state index is 0.527. The first-order valence-corrected chi connectivity index (χ1v) is 10.6. The lowest BCUT2D eigenvalue weighted by molar-refractivity contribution is 0.260. The monoisotopic (exact) mass is 435 g/mol. The van der Waals surface area contributed by atoms with Crippen molar-refractivity contribution < 1.29 is 0 Å². The molecule has 28 heavy (non-hydrogen) atoms. The van der Waals surface area contributed by atoms with Crippen molar-refractivity contribution in [3.63, 3.8) is 0 Å². The van der Waals surface area contributed by atoms with Gasteiger partial charge < -0.3 is 0 Å². The fourth-order valence-electron chi connectivity index (χ4n) is 3.93. The van der Waals surface area contributed by atoms with Gasteiger partial charge in [0.1, 0.15) is 6.54 Å². The second-order valence-corrected chi connectivity index (χ2v) is 8.27. The van der Waals surface area contributed by atoms with E-state index in [-0.39, 0.29) is 0 Å². The van der Waals surface area contributed by atoms with Crippen molar-refractivity contribution in [3.8, 4) is 5.69 Å². The molecule has 1 aromatic heterocycles. The number of hydrogen-bond acceptors (Lipinski definition) is 4. The molecule has 0 spiro atoms. The van der Waals surface area contributed by atoms with E-state index < -0.39 is 0 Å². The molecule has 142 valence electrons. The normalized spacial score (nSPS) is 15.8. The van der Waals surface area contributed by atoms with E-state index in [2.05, 4.69) is 85.0 Å². The molecule has 3 aromatic rings. The third-order valence-electron chi connectivity index (χ3n) is 5.49. The summed E-state index contributed by atoms with van der Waals surface area (Å²) in [6.45, 7) is 4.61. The predicted molar refractivity (Wildman–Crippen MR) is 114 cm³/mol. The Labute approximate surface area is 173 Å². The van der Waals surface area contributed by atoms with Gasteiger partial charge in [0.2, 0.25) is 0 Å². The van der Waals surface area contributed by atoms with Crippen LogP contribution in [-0.2, 0) is 13.1 Å². The van der Waals surface area contributed by atoms with E-state index >= 15 is 0 Å². The summed E-state index contributed by atoms with van der Waals surface area (Å²) in [7, 11) is 0. The van der Waals surface area contributed by atoms with E-state index in [0.29, 0.717) is 12.6 Å². The molecule has 0 amide bonds. The van der Waals surface area contributed by atoms with Gasteiger partial charge in [-0.3, -0.25) is 14.5 Å². The molecule has 0 saturated heterocycles. The highest BCUT2D eigenvalue weighted by atomic mass is 79.9. The van der Waals surface area contributed by atoms with Crippen molar-refractivity contribution in [3.05, 3.63) is 75.8 Å². The smallest absolute Gasteiger partial charge is 0.159 e. The molecule has 2 heterocycles. The highest BCUT2D eigenvalue weighted by Crippen LogP contribution is 2.31. The third kappa shape index (κ3) is 3.20.